The van der Waals surface area contributed by atoms with Gasteiger partial charge in [-0.15, -0.1) is 0 Å². The van der Waals surface area contributed by atoms with Crippen molar-refractivity contribution in [2.75, 3.05) is 45.2 Å². The summed E-state index contributed by atoms with van der Waals surface area (Å²) < 4.78 is 5.85. The van der Waals surface area contributed by atoms with Gasteiger partial charge in [0, 0.05) is 74.9 Å². The Morgan fingerprint density at radius 2 is 1.81 bits per heavy atom. The van der Waals surface area contributed by atoms with Crippen molar-refractivity contribution in [2.24, 2.45) is 0 Å². The highest BCUT2D eigenvalue weighted by atomic mass is 16.5. The van der Waals surface area contributed by atoms with E-state index in [1.165, 1.54) is 5.57 Å². The average molecular weight is 644 g/mol. The van der Waals surface area contributed by atoms with Crippen LogP contribution in [0.2, 0.25) is 0 Å². The Morgan fingerprint density at radius 3 is 2.56 bits per heavy atom. The molecule has 12 nitrogen and oxygen atoms in total. The number of likely N-dealkylation sites (tertiary alicyclic amines) is 1. The molecule has 2 aliphatic rings. The summed E-state index contributed by atoms with van der Waals surface area (Å²) in [5.74, 6) is 1.24. The SMILES string of the molecule is CCc1nccc(-c2n[nH]c3ccc(NC(=O)[C@]4(OC)CCN(CC(=O)N5CC=C(c6ccc(-c7ncccn7)cc6)CC5)C4)cc23)n1. The van der Waals surface area contributed by atoms with Crippen LogP contribution in [0, 0.1) is 0 Å². The van der Waals surface area contributed by atoms with Gasteiger partial charge in [0.05, 0.1) is 17.8 Å². The fourth-order valence-electron chi connectivity index (χ4n) is 6.40. The number of H-pyrrole nitrogens is 1. The standard InChI is InChI=1S/C36H37N9O3/c1-3-31-37-17-11-30(41-31)33-28-21-27(9-10-29(28)42-43-33)40-35(47)36(48-2)14-20-44(23-36)22-32(46)45-18-12-25(13-19-45)24-5-7-26(8-6-24)34-38-15-4-16-39-34/h4-12,15-17,21H,3,13-14,18-20,22-23H2,1-2H3,(H,40,47)(H,42,43)/t36-/m0/s1. The maximum absolute atomic E-state index is 13.7. The van der Waals surface area contributed by atoms with Crippen LogP contribution in [0.5, 0.6) is 0 Å². The fourth-order valence-corrected chi connectivity index (χ4v) is 6.40. The maximum Gasteiger partial charge on any atom is 0.258 e. The molecule has 2 N–H and O–H groups in total. The lowest BCUT2D eigenvalue weighted by molar-refractivity contribution is -0.138. The summed E-state index contributed by atoms with van der Waals surface area (Å²) in [7, 11) is 1.55. The molecule has 0 spiro atoms. The van der Waals surface area contributed by atoms with Crippen molar-refractivity contribution < 1.29 is 14.3 Å². The first kappa shape index (κ1) is 31.3. The van der Waals surface area contributed by atoms with E-state index < -0.39 is 5.60 Å². The smallest absolute Gasteiger partial charge is 0.258 e. The van der Waals surface area contributed by atoms with Crippen LogP contribution < -0.4 is 5.32 Å². The molecule has 0 radical (unpaired) electrons. The largest absolute Gasteiger partial charge is 0.367 e. The van der Waals surface area contributed by atoms with Gasteiger partial charge in [-0.1, -0.05) is 37.3 Å². The van der Waals surface area contributed by atoms with Crippen LogP contribution in [-0.4, -0.2) is 97.2 Å². The topological polar surface area (TPSA) is 142 Å². The number of benzene rings is 2. The van der Waals surface area contributed by atoms with E-state index in [0.717, 1.165) is 46.4 Å². The number of anilines is 1. The Labute approximate surface area is 278 Å². The van der Waals surface area contributed by atoms with E-state index in [0.29, 0.717) is 49.8 Å². The van der Waals surface area contributed by atoms with E-state index in [9.17, 15) is 9.59 Å². The Hall–Kier alpha value is -5.33. The molecule has 1 fully saturated rings. The number of aryl methyl sites for hydroxylation is 1. The third-order valence-electron chi connectivity index (χ3n) is 9.20. The molecule has 0 unspecified atom stereocenters. The van der Waals surface area contributed by atoms with Crippen LogP contribution in [0.4, 0.5) is 5.69 Å². The molecule has 5 heterocycles. The average Bonchev–Trinajstić information content (AvgIpc) is 3.77. The highest BCUT2D eigenvalue weighted by Crippen LogP contribution is 2.31. The van der Waals surface area contributed by atoms with E-state index >= 15 is 0 Å². The number of methoxy groups -OCH3 is 1. The number of carbonyl (C=O) groups is 2. The zero-order valence-corrected chi connectivity index (χ0v) is 27.0. The molecule has 0 aliphatic carbocycles. The second-order valence-electron chi connectivity index (χ2n) is 12.1. The zero-order valence-electron chi connectivity index (χ0n) is 27.0. The molecule has 0 saturated carbocycles. The lowest BCUT2D eigenvalue weighted by Gasteiger charge is -2.30. The molecule has 3 aromatic heterocycles. The second-order valence-corrected chi connectivity index (χ2v) is 12.1. The number of carbonyl (C=O) groups excluding carboxylic acids is 2. The molecule has 1 atom stereocenters. The molecule has 12 heteroatoms. The van der Waals surface area contributed by atoms with Crippen LogP contribution in [0.1, 0.15) is 31.2 Å². The van der Waals surface area contributed by atoms with Crippen LogP contribution in [0.3, 0.4) is 0 Å². The van der Waals surface area contributed by atoms with Crippen LogP contribution in [0.15, 0.2) is 79.3 Å². The molecular formula is C36H37N9O3. The van der Waals surface area contributed by atoms with E-state index in [1.807, 2.05) is 53.1 Å². The number of rotatable bonds is 9. The minimum absolute atomic E-state index is 0.0445. The fraction of sp³-hybridized carbons (Fsp3) is 0.306. The zero-order chi connectivity index (χ0) is 33.1. The molecule has 5 aromatic rings. The minimum Gasteiger partial charge on any atom is -0.367 e. The molecule has 7 rings (SSSR count). The minimum atomic E-state index is -1.07. The number of fused-ring (bicyclic) bond motifs is 1. The van der Waals surface area contributed by atoms with Gasteiger partial charge in [0.25, 0.3) is 5.91 Å². The van der Waals surface area contributed by atoms with Gasteiger partial charge in [-0.25, -0.2) is 19.9 Å². The van der Waals surface area contributed by atoms with Crippen LogP contribution >= 0.6 is 0 Å². The first-order valence-electron chi connectivity index (χ1n) is 16.2. The van der Waals surface area contributed by atoms with Crippen molar-refractivity contribution >= 4 is 34.0 Å². The molecular weight excluding hydrogens is 606 g/mol. The molecule has 244 valence electrons. The Morgan fingerprint density at radius 1 is 1.00 bits per heavy atom. The highest BCUT2D eigenvalue weighted by molar-refractivity contribution is 6.01. The van der Waals surface area contributed by atoms with Gasteiger partial charge < -0.3 is 15.0 Å². The number of nitrogens with one attached hydrogen (secondary N) is 2. The van der Waals surface area contributed by atoms with E-state index in [-0.39, 0.29) is 18.4 Å². The van der Waals surface area contributed by atoms with E-state index in [4.69, 9.17) is 4.74 Å². The first-order valence-corrected chi connectivity index (χ1v) is 16.2. The number of hydrogen-bond donors (Lipinski definition) is 2. The number of hydrogen-bond acceptors (Lipinski definition) is 9. The summed E-state index contributed by atoms with van der Waals surface area (Å²) in [6.07, 6.45) is 9.31. The van der Waals surface area contributed by atoms with E-state index in [1.54, 1.807) is 31.8 Å². The second kappa shape index (κ2) is 13.4. The van der Waals surface area contributed by atoms with Crippen molar-refractivity contribution in [3.63, 3.8) is 0 Å². The summed E-state index contributed by atoms with van der Waals surface area (Å²) in [4.78, 5) is 48.4. The summed E-state index contributed by atoms with van der Waals surface area (Å²) >= 11 is 0. The molecule has 48 heavy (non-hydrogen) atoms. The van der Waals surface area contributed by atoms with Gasteiger partial charge in [0.15, 0.2) is 11.4 Å². The van der Waals surface area contributed by atoms with Crippen molar-refractivity contribution in [1.82, 2.24) is 39.9 Å². The lowest BCUT2D eigenvalue weighted by Crippen LogP contribution is -2.48. The number of aromatic amines is 1. The number of ether oxygens (including phenoxy) is 1. The Balaban J connectivity index is 0.964. The number of amides is 2. The predicted octanol–water partition coefficient (Wildman–Crippen LogP) is 4.38. The molecule has 2 aliphatic heterocycles. The van der Waals surface area contributed by atoms with Gasteiger partial charge in [-0.2, -0.15) is 5.10 Å². The molecule has 2 aromatic carbocycles. The van der Waals surface area contributed by atoms with Gasteiger partial charge in [-0.05, 0) is 54.3 Å². The van der Waals surface area contributed by atoms with Gasteiger partial charge >= 0.3 is 0 Å². The quantitative estimate of drug-likeness (QED) is 0.239. The lowest BCUT2D eigenvalue weighted by atomic mass is 9.98. The third-order valence-corrected chi connectivity index (χ3v) is 9.20. The number of nitrogens with zero attached hydrogens (tertiary/aromatic N) is 7. The van der Waals surface area contributed by atoms with Gasteiger partial charge in [0.1, 0.15) is 11.5 Å². The normalized spacial score (nSPS) is 18.2. The third kappa shape index (κ3) is 6.32. The summed E-state index contributed by atoms with van der Waals surface area (Å²) in [6, 6.07) is 17.5. The van der Waals surface area contributed by atoms with Crippen molar-refractivity contribution in [1.29, 1.82) is 0 Å². The van der Waals surface area contributed by atoms with Gasteiger partial charge in [0.2, 0.25) is 5.91 Å². The van der Waals surface area contributed by atoms with Crippen LogP contribution in [-0.2, 0) is 20.7 Å². The first-order chi connectivity index (χ1) is 23.4. The monoisotopic (exact) mass is 643 g/mol. The van der Waals surface area contributed by atoms with Crippen molar-refractivity contribution in [2.45, 2.75) is 31.8 Å². The summed E-state index contributed by atoms with van der Waals surface area (Å²) in [6.45, 7) is 4.34. The molecule has 0 bridgehead atoms. The highest BCUT2D eigenvalue weighted by Gasteiger charge is 2.45. The van der Waals surface area contributed by atoms with Crippen LogP contribution in [0.25, 0.3) is 39.3 Å². The molecule has 1 saturated heterocycles. The van der Waals surface area contributed by atoms with Gasteiger partial charge in [-0.3, -0.25) is 19.6 Å². The Kier molecular flexibility index (Phi) is 8.74. The van der Waals surface area contributed by atoms with E-state index in [2.05, 4.69) is 53.7 Å². The molecule has 2 amide bonds. The maximum atomic E-state index is 13.7. The number of aromatic nitrogens is 6. The summed E-state index contributed by atoms with van der Waals surface area (Å²) in [5.41, 5.74) is 5.14. The Bertz CT molecular complexity index is 1980. The predicted molar refractivity (Wildman–Crippen MR) is 183 cm³/mol. The summed E-state index contributed by atoms with van der Waals surface area (Å²) in [5, 5.41) is 11.4. The van der Waals surface area contributed by atoms with Crippen molar-refractivity contribution in [3.8, 4) is 22.8 Å². The van der Waals surface area contributed by atoms with Crippen molar-refractivity contribution in [3.05, 3.63) is 90.7 Å².